The first-order chi connectivity index (χ1) is 12.3. The summed E-state index contributed by atoms with van der Waals surface area (Å²) in [6.07, 6.45) is 1.62. The molecule has 0 bridgehead atoms. The van der Waals surface area contributed by atoms with Crippen molar-refractivity contribution < 1.29 is 24.3 Å². The van der Waals surface area contributed by atoms with Gasteiger partial charge in [0.1, 0.15) is 0 Å². The van der Waals surface area contributed by atoms with Gasteiger partial charge >= 0.3 is 0 Å². The fourth-order valence-electron chi connectivity index (χ4n) is 2.08. The van der Waals surface area contributed by atoms with Crippen LogP contribution >= 0.6 is 0 Å². The van der Waals surface area contributed by atoms with Gasteiger partial charge in [-0.2, -0.15) is 0 Å². The lowest BCUT2D eigenvalue weighted by Crippen LogP contribution is -2.35. The topological polar surface area (TPSA) is 46.2 Å². The smallest absolute Gasteiger partial charge is 0.0981 e. The highest BCUT2D eigenvalue weighted by Gasteiger charge is 2.30. The molecule has 0 aromatic carbocycles. The Labute approximate surface area is 182 Å². The fraction of sp³-hybridized carbons (Fsp3) is 1.00. The summed E-state index contributed by atoms with van der Waals surface area (Å²) in [4.78, 5) is 21.9. The summed E-state index contributed by atoms with van der Waals surface area (Å²) in [5.74, 6) is 0. The second-order valence-electron chi connectivity index (χ2n) is 12.9. The Kier molecular flexibility index (Phi) is 11.6. The quantitative estimate of drug-likeness (QED) is 0.317. The minimum Gasteiger partial charge on any atom is -0.370 e. The summed E-state index contributed by atoms with van der Waals surface area (Å²) in [6.45, 7) is 32.3. The van der Waals surface area contributed by atoms with Gasteiger partial charge in [0, 0.05) is 0 Å². The van der Waals surface area contributed by atoms with Crippen LogP contribution in [0, 0.1) is 0 Å². The van der Waals surface area contributed by atoms with Crippen molar-refractivity contribution in [1.82, 2.24) is 0 Å². The molecule has 0 aromatic heterocycles. The van der Waals surface area contributed by atoms with Gasteiger partial charge in [0.15, 0.2) is 0 Å². The van der Waals surface area contributed by atoms with Gasteiger partial charge in [-0.1, -0.05) is 0 Å². The van der Waals surface area contributed by atoms with E-state index in [-0.39, 0.29) is 33.6 Å². The van der Waals surface area contributed by atoms with Crippen LogP contribution in [0.3, 0.4) is 0 Å². The molecule has 0 heterocycles. The molecule has 0 aliphatic carbocycles. The van der Waals surface area contributed by atoms with Crippen LogP contribution in [0.5, 0.6) is 0 Å². The molecule has 0 saturated heterocycles. The van der Waals surface area contributed by atoms with Crippen LogP contribution in [0.4, 0.5) is 0 Å². The second-order valence-corrected chi connectivity index (χ2v) is 12.9. The first-order valence-electron chi connectivity index (χ1n) is 10.8. The molecule has 0 radical (unpaired) electrons. The molecular weight excluding hydrogens is 368 g/mol. The predicted octanol–water partition coefficient (Wildman–Crippen LogP) is 7.42. The van der Waals surface area contributed by atoms with Crippen LogP contribution < -0.4 is 0 Å². The van der Waals surface area contributed by atoms with Crippen LogP contribution in [0.2, 0.25) is 0 Å². The van der Waals surface area contributed by atoms with E-state index in [0.717, 1.165) is 12.8 Å². The van der Waals surface area contributed by atoms with Gasteiger partial charge in [-0.3, -0.25) is 0 Å². The Bertz CT molecular complexity index is 398. The Balaban J connectivity index is 0. The average molecular weight is 421 g/mol. The Morgan fingerprint density at radius 2 is 0.586 bits per heavy atom. The Hall–Kier alpha value is -0.200. The van der Waals surface area contributed by atoms with Crippen molar-refractivity contribution in [2.24, 2.45) is 0 Å². The third kappa shape index (κ3) is 25.8. The van der Waals surface area contributed by atoms with Gasteiger partial charge in [0.05, 0.1) is 33.6 Å². The van der Waals surface area contributed by atoms with Gasteiger partial charge in [-0.05, 0) is 124 Å². The van der Waals surface area contributed by atoms with Gasteiger partial charge in [0.2, 0.25) is 0 Å². The lowest BCUT2D eigenvalue weighted by atomic mass is 9.94. The Morgan fingerprint density at radius 1 is 0.345 bits per heavy atom. The highest BCUT2D eigenvalue weighted by molar-refractivity contribution is 4.75. The normalized spacial score (nSPS) is 14.5. The Morgan fingerprint density at radius 3 is 0.724 bits per heavy atom. The zero-order valence-corrected chi connectivity index (χ0v) is 22.5. The molecule has 0 aliphatic rings. The highest BCUT2D eigenvalue weighted by atomic mass is 17.2. The average Bonchev–Trinajstić information content (AvgIpc) is 2.37. The lowest BCUT2D eigenvalue weighted by molar-refractivity contribution is -0.410. The minimum absolute atomic E-state index is 0.0156. The van der Waals surface area contributed by atoms with E-state index in [0.29, 0.717) is 0 Å². The summed E-state index contributed by atoms with van der Waals surface area (Å²) in [5.41, 5.74) is -1.38. The number of rotatable bonds is 7. The van der Waals surface area contributed by atoms with Gasteiger partial charge in [-0.25, -0.2) is 19.6 Å². The molecule has 0 unspecified atom stereocenters. The van der Waals surface area contributed by atoms with E-state index in [1.807, 2.05) is 69.2 Å². The third-order valence-electron chi connectivity index (χ3n) is 2.98. The molecule has 178 valence electrons. The van der Waals surface area contributed by atoms with Crippen molar-refractivity contribution in [2.45, 2.75) is 157 Å². The molecule has 29 heavy (non-hydrogen) atoms. The first kappa shape index (κ1) is 31.0. The van der Waals surface area contributed by atoms with Crippen molar-refractivity contribution in [2.75, 3.05) is 0 Å². The largest absolute Gasteiger partial charge is 0.370 e. The molecule has 5 nitrogen and oxygen atoms in total. The van der Waals surface area contributed by atoms with Gasteiger partial charge in [-0.15, -0.1) is 0 Å². The predicted molar refractivity (Wildman–Crippen MR) is 122 cm³/mol. The summed E-state index contributed by atoms with van der Waals surface area (Å²) in [6, 6.07) is 0. The van der Waals surface area contributed by atoms with E-state index in [1.54, 1.807) is 0 Å². The van der Waals surface area contributed by atoms with E-state index < -0.39 is 0 Å². The van der Waals surface area contributed by atoms with E-state index in [1.165, 1.54) is 0 Å². The van der Waals surface area contributed by atoms with Crippen molar-refractivity contribution in [3.63, 3.8) is 0 Å². The molecule has 0 rings (SSSR count). The summed E-state index contributed by atoms with van der Waals surface area (Å²) in [7, 11) is 0. The second kappa shape index (κ2) is 10.9. The van der Waals surface area contributed by atoms with Crippen molar-refractivity contribution in [3.05, 3.63) is 0 Å². The molecule has 0 saturated carbocycles. The molecule has 0 aliphatic heterocycles. The van der Waals surface area contributed by atoms with E-state index >= 15 is 0 Å². The molecular formula is C24H52O5. The van der Waals surface area contributed by atoms with E-state index in [9.17, 15) is 0 Å². The maximum atomic E-state index is 5.62. The van der Waals surface area contributed by atoms with Gasteiger partial charge in [0.25, 0.3) is 0 Å². The number of hydrogen-bond donors (Lipinski definition) is 0. The van der Waals surface area contributed by atoms with Crippen LogP contribution in [0.15, 0.2) is 0 Å². The van der Waals surface area contributed by atoms with Crippen LogP contribution in [0.1, 0.15) is 124 Å². The van der Waals surface area contributed by atoms with Crippen molar-refractivity contribution in [3.8, 4) is 0 Å². The van der Waals surface area contributed by atoms with Crippen molar-refractivity contribution in [1.29, 1.82) is 0 Å². The molecule has 0 aromatic rings. The maximum absolute atomic E-state index is 5.62. The van der Waals surface area contributed by atoms with E-state index in [2.05, 4.69) is 41.5 Å². The molecule has 0 spiro atoms. The zero-order valence-electron chi connectivity index (χ0n) is 22.5. The first-order valence-corrected chi connectivity index (χ1v) is 10.8. The monoisotopic (exact) mass is 420 g/mol. The summed E-state index contributed by atoms with van der Waals surface area (Å²) >= 11 is 0. The number of hydrogen-bond acceptors (Lipinski definition) is 5. The molecule has 0 amide bonds. The summed E-state index contributed by atoms with van der Waals surface area (Å²) < 4.78 is 5.62. The maximum Gasteiger partial charge on any atom is 0.0981 e. The summed E-state index contributed by atoms with van der Waals surface area (Å²) in [5, 5.41) is 0. The zero-order chi connectivity index (χ0) is 23.9. The van der Waals surface area contributed by atoms with Gasteiger partial charge < -0.3 is 4.74 Å². The SMILES string of the molecule is CC(C)(C)OC(C)(C)C.CC(C)(C)OOC(C)(C)CCC(C)(C)OOC(C)(C)C. The fourth-order valence-corrected chi connectivity index (χ4v) is 2.08. The van der Waals surface area contributed by atoms with Crippen LogP contribution in [-0.4, -0.2) is 33.6 Å². The molecule has 5 heteroatoms. The third-order valence-corrected chi connectivity index (χ3v) is 2.98. The molecule has 0 fully saturated rings. The standard InChI is InChI=1S/C16H34O4.C8H18O/c1-13(2,3)17-19-15(7,8)11-12-16(9,10)20-18-14(4,5)6;1-7(2,3)9-8(4,5)6/h11-12H2,1-10H3;1-6H3. The van der Waals surface area contributed by atoms with E-state index in [4.69, 9.17) is 24.3 Å². The minimum atomic E-state index is -0.365. The highest BCUT2D eigenvalue weighted by Crippen LogP contribution is 2.27. The molecule has 0 N–H and O–H groups in total. The molecule has 0 atom stereocenters. The van der Waals surface area contributed by atoms with Crippen LogP contribution in [0.25, 0.3) is 0 Å². The lowest BCUT2D eigenvalue weighted by Gasteiger charge is -2.33. The number of ether oxygens (including phenoxy) is 1. The van der Waals surface area contributed by atoms with Crippen LogP contribution in [-0.2, 0) is 24.3 Å². The van der Waals surface area contributed by atoms with Crippen molar-refractivity contribution >= 4 is 0 Å².